The van der Waals surface area contributed by atoms with Gasteiger partial charge >= 0.3 is 0 Å². The first kappa shape index (κ1) is 25.4. The lowest BCUT2D eigenvalue weighted by Crippen LogP contribution is -2.16. The van der Waals surface area contributed by atoms with E-state index < -0.39 is 15.9 Å². The lowest BCUT2D eigenvalue weighted by Gasteiger charge is -2.12. The van der Waals surface area contributed by atoms with E-state index in [9.17, 15) is 13.2 Å². The molecule has 3 N–H and O–H groups in total. The smallest absolute Gasteiger partial charge is 0.238 e. The number of primary sulfonamides is 1. The zero-order valence-corrected chi connectivity index (χ0v) is 21.9. The molecular weight excluding hydrogens is 561 g/mol. The van der Waals surface area contributed by atoms with Crippen LogP contribution in [0.3, 0.4) is 0 Å². The number of nitrogens with one attached hydrogen (secondary N) is 1. The zero-order valence-electron chi connectivity index (χ0n) is 18.7. The van der Waals surface area contributed by atoms with E-state index in [-0.39, 0.29) is 33.2 Å². The molecule has 10 nitrogen and oxygen atoms in total. The van der Waals surface area contributed by atoms with Gasteiger partial charge in [0.1, 0.15) is 0 Å². The number of aromatic nitrogens is 3. The first-order valence-electron chi connectivity index (χ1n) is 10.6. The molecule has 190 valence electrons. The summed E-state index contributed by atoms with van der Waals surface area (Å²) in [5.41, 5.74) is 1.63. The summed E-state index contributed by atoms with van der Waals surface area (Å²) in [6.45, 7) is 0.152. The molecule has 1 aliphatic heterocycles. The maximum absolute atomic E-state index is 12.7. The molecule has 0 aliphatic carbocycles. The molecule has 1 amide bonds. The number of nitrogens with zero attached hydrogens (tertiary/aromatic N) is 3. The van der Waals surface area contributed by atoms with Crippen LogP contribution >= 0.6 is 35.0 Å². The molecule has 0 saturated carbocycles. The van der Waals surface area contributed by atoms with Gasteiger partial charge in [-0.15, -0.1) is 10.2 Å². The predicted octanol–water partition coefficient (Wildman–Crippen LogP) is 4.35. The fourth-order valence-electron chi connectivity index (χ4n) is 3.54. The quantitative estimate of drug-likeness (QED) is 0.309. The molecule has 1 aromatic heterocycles. The van der Waals surface area contributed by atoms with E-state index in [0.29, 0.717) is 22.5 Å². The minimum atomic E-state index is -4.01. The van der Waals surface area contributed by atoms with Gasteiger partial charge in [0.05, 0.1) is 26.4 Å². The van der Waals surface area contributed by atoms with E-state index in [1.165, 1.54) is 0 Å². The van der Waals surface area contributed by atoms with Gasteiger partial charge in [-0.3, -0.25) is 9.36 Å². The van der Waals surface area contributed by atoms with Crippen LogP contribution in [-0.2, 0) is 14.8 Å². The standard InChI is InChI=1S/C23H17Cl2N5O5S2/c24-16-9-15(37(26,32)33)10-17(25)21(16)27-20(31)11-36-23-29-28-22(30(23)14-4-2-1-3-5-14)13-6-7-18-19(8-13)35-12-34-18/h1-10H,11-12H2,(H,27,31)(H2,26,32,33). The molecule has 5 rings (SSSR count). The summed E-state index contributed by atoms with van der Waals surface area (Å²) in [7, 11) is -4.01. The van der Waals surface area contributed by atoms with Gasteiger partial charge in [-0.25, -0.2) is 13.6 Å². The maximum atomic E-state index is 12.7. The van der Waals surface area contributed by atoms with Crippen molar-refractivity contribution in [3.05, 3.63) is 70.7 Å². The van der Waals surface area contributed by atoms with Crippen LogP contribution in [0.5, 0.6) is 11.5 Å². The van der Waals surface area contributed by atoms with Crippen molar-refractivity contribution in [2.75, 3.05) is 17.9 Å². The zero-order chi connectivity index (χ0) is 26.2. The number of para-hydroxylation sites is 1. The molecule has 0 fully saturated rings. The number of carbonyl (C=O) groups excluding carboxylic acids is 1. The number of rotatable bonds is 7. The number of nitrogens with two attached hydrogens (primary N) is 1. The second-order valence-corrected chi connectivity index (χ2v) is 11.0. The molecule has 0 atom stereocenters. The lowest BCUT2D eigenvalue weighted by molar-refractivity contribution is -0.113. The van der Waals surface area contributed by atoms with Crippen molar-refractivity contribution in [2.45, 2.75) is 10.1 Å². The largest absolute Gasteiger partial charge is 0.454 e. The minimum absolute atomic E-state index is 0.0598. The number of thioether (sulfide) groups is 1. The van der Waals surface area contributed by atoms with Crippen molar-refractivity contribution in [1.82, 2.24) is 14.8 Å². The maximum Gasteiger partial charge on any atom is 0.238 e. The van der Waals surface area contributed by atoms with Crippen molar-refractivity contribution in [1.29, 1.82) is 0 Å². The van der Waals surface area contributed by atoms with Crippen LogP contribution < -0.4 is 19.9 Å². The second-order valence-electron chi connectivity index (χ2n) is 7.69. The summed E-state index contributed by atoms with van der Waals surface area (Å²) in [5, 5.41) is 16.7. The summed E-state index contributed by atoms with van der Waals surface area (Å²) in [5.74, 6) is 1.31. The second kappa shape index (κ2) is 10.2. The molecule has 0 unspecified atom stereocenters. The van der Waals surface area contributed by atoms with E-state index in [2.05, 4.69) is 15.5 Å². The Morgan fingerprint density at radius 2 is 1.73 bits per heavy atom. The number of hydrogen-bond acceptors (Lipinski definition) is 8. The van der Waals surface area contributed by atoms with Crippen molar-refractivity contribution < 1.29 is 22.7 Å². The SMILES string of the molecule is NS(=O)(=O)c1cc(Cl)c(NC(=O)CSc2nnc(-c3ccc4c(c3)OCO4)n2-c2ccccc2)c(Cl)c1. The summed E-state index contributed by atoms with van der Waals surface area (Å²) < 4.78 is 35.9. The van der Waals surface area contributed by atoms with E-state index in [1.54, 1.807) is 6.07 Å². The summed E-state index contributed by atoms with van der Waals surface area (Å²) in [6.07, 6.45) is 0. The minimum Gasteiger partial charge on any atom is -0.454 e. The van der Waals surface area contributed by atoms with Crippen LogP contribution in [0.4, 0.5) is 5.69 Å². The average Bonchev–Trinajstić information content (AvgIpc) is 3.51. The molecule has 4 aromatic rings. The number of halogens is 2. The number of fused-ring (bicyclic) bond motifs is 1. The van der Waals surface area contributed by atoms with E-state index >= 15 is 0 Å². The van der Waals surface area contributed by atoms with Crippen molar-refractivity contribution in [2.24, 2.45) is 5.14 Å². The molecule has 3 aromatic carbocycles. The van der Waals surface area contributed by atoms with Gasteiger partial charge < -0.3 is 14.8 Å². The van der Waals surface area contributed by atoms with Crippen LogP contribution in [0, 0.1) is 0 Å². The van der Waals surface area contributed by atoms with Gasteiger partial charge in [0, 0.05) is 11.3 Å². The predicted molar refractivity (Wildman–Crippen MR) is 140 cm³/mol. The van der Waals surface area contributed by atoms with E-state index in [1.807, 2.05) is 47.0 Å². The van der Waals surface area contributed by atoms with E-state index in [4.69, 9.17) is 37.8 Å². The first-order valence-corrected chi connectivity index (χ1v) is 13.8. The Balaban J connectivity index is 1.40. The number of benzene rings is 3. The Bertz CT molecular complexity index is 1590. The number of ether oxygens (including phenoxy) is 2. The van der Waals surface area contributed by atoms with Crippen molar-refractivity contribution in [3.8, 4) is 28.6 Å². The topological polar surface area (TPSA) is 138 Å². The van der Waals surface area contributed by atoms with Crippen molar-refractivity contribution >= 4 is 56.6 Å². The van der Waals surface area contributed by atoms with Crippen LogP contribution in [-0.4, -0.2) is 41.6 Å². The number of anilines is 1. The molecule has 0 radical (unpaired) electrons. The number of hydrogen-bond donors (Lipinski definition) is 2. The molecule has 14 heteroatoms. The number of sulfonamides is 1. The molecule has 0 spiro atoms. The fraction of sp³-hybridized carbons (Fsp3) is 0.0870. The van der Waals surface area contributed by atoms with Crippen LogP contribution in [0.2, 0.25) is 10.0 Å². The molecule has 37 heavy (non-hydrogen) atoms. The summed E-state index contributed by atoms with van der Waals surface area (Å²) in [4.78, 5) is 12.5. The lowest BCUT2D eigenvalue weighted by atomic mass is 10.2. The Hall–Kier alpha value is -3.29. The molecule has 2 heterocycles. The molecular formula is C23H17Cl2N5O5S2. The Morgan fingerprint density at radius 1 is 1.03 bits per heavy atom. The van der Waals surface area contributed by atoms with E-state index in [0.717, 1.165) is 35.1 Å². The highest BCUT2D eigenvalue weighted by Crippen LogP contribution is 2.37. The van der Waals surface area contributed by atoms with Gasteiger partial charge in [-0.2, -0.15) is 0 Å². The third-order valence-corrected chi connectivity index (χ3v) is 7.64. The number of carbonyl (C=O) groups is 1. The summed E-state index contributed by atoms with van der Waals surface area (Å²) >= 11 is 13.4. The highest BCUT2D eigenvalue weighted by molar-refractivity contribution is 7.99. The normalized spacial score (nSPS) is 12.5. The monoisotopic (exact) mass is 577 g/mol. The summed E-state index contributed by atoms with van der Waals surface area (Å²) in [6, 6.07) is 17.2. The van der Waals surface area contributed by atoms with Gasteiger partial charge in [-0.1, -0.05) is 53.2 Å². The first-order chi connectivity index (χ1) is 17.7. The van der Waals surface area contributed by atoms with Crippen molar-refractivity contribution in [3.63, 3.8) is 0 Å². The number of amides is 1. The average molecular weight is 578 g/mol. The Morgan fingerprint density at radius 3 is 2.43 bits per heavy atom. The molecule has 1 aliphatic rings. The third-order valence-electron chi connectivity index (χ3n) is 5.22. The highest BCUT2D eigenvalue weighted by Gasteiger charge is 2.21. The highest BCUT2D eigenvalue weighted by atomic mass is 35.5. The van der Waals surface area contributed by atoms with Gasteiger partial charge in [0.2, 0.25) is 22.7 Å². The van der Waals surface area contributed by atoms with Gasteiger partial charge in [0.15, 0.2) is 22.5 Å². The Labute approximate surface area is 225 Å². The van der Waals surface area contributed by atoms with Gasteiger partial charge in [-0.05, 0) is 42.5 Å². The molecule has 0 bridgehead atoms. The Kier molecular flexibility index (Phi) is 7.01. The third kappa shape index (κ3) is 5.38. The van der Waals surface area contributed by atoms with Crippen LogP contribution in [0.25, 0.3) is 17.1 Å². The van der Waals surface area contributed by atoms with Gasteiger partial charge in [0.25, 0.3) is 0 Å². The van der Waals surface area contributed by atoms with Crippen LogP contribution in [0.1, 0.15) is 0 Å². The van der Waals surface area contributed by atoms with Crippen LogP contribution in [0.15, 0.2) is 70.7 Å². The molecule has 0 saturated heterocycles. The fourth-order valence-corrected chi connectivity index (χ4v) is 5.56.